The van der Waals surface area contributed by atoms with Gasteiger partial charge in [-0.1, -0.05) is 12.1 Å². The second-order valence-corrected chi connectivity index (χ2v) is 6.31. The number of pyridine rings is 1. The molecule has 5 nitrogen and oxygen atoms in total. The summed E-state index contributed by atoms with van der Waals surface area (Å²) in [4.78, 5) is 23.2. The number of carbonyl (C=O) groups is 1. The first kappa shape index (κ1) is 18.2. The lowest BCUT2D eigenvalue weighted by atomic mass is 10.2. The van der Waals surface area contributed by atoms with Gasteiger partial charge in [0.2, 0.25) is 0 Å². The van der Waals surface area contributed by atoms with Crippen molar-refractivity contribution in [2.24, 2.45) is 0 Å². The third-order valence-corrected chi connectivity index (χ3v) is 4.84. The van der Waals surface area contributed by atoms with Gasteiger partial charge in [0, 0.05) is 51.0 Å². The highest BCUT2D eigenvalue weighted by atomic mass is 19.1. The van der Waals surface area contributed by atoms with Crippen molar-refractivity contribution in [1.82, 2.24) is 9.88 Å². The van der Waals surface area contributed by atoms with Crippen LogP contribution in [0.4, 0.5) is 15.9 Å². The van der Waals surface area contributed by atoms with Gasteiger partial charge in [-0.25, -0.2) is 9.37 Å². The monoisotopic (exact) mass is 356 g/mol. The van der Waals surface area contributed by atoms with E-state index in [-0.39, 0.29) is 11.7 Å². The van der Waals surface area contributed by atoms with E-state index in [0.29, 0.717) is 37.4 Å². The maximum Gasteiger partial charge on any atom is 0.254 e. The first-order chi connectivity index (χ1) is 12.6. The lowest BCUT2D eigenvalue weighted by Crippen LogP contribution is -2.49. The number of benzene rings is 1. The summed E-state index contributed by atoms with van der Waals surface area (Å²) in [6.45, 7) is 8.25. The van der Waals surface area contributed by atoms with E-state index in [4.69, 9.17) is 0 Å². The van der Waals surface area contributed by atoms with Gasteiger partial charge in [-0.2, -0.15) is 0 Å². The van der Waals surface area contributed by atoms with Gasteiger partial charge in [-0.3, -0.25) is 4.79 Å². The average molecular weight is 356 g/mol. The Kier molecular flexibility index (Phi) is 5.71. The van der Waals surface area contributed by atoms with Gasteiger partial charge in [0.15, 0.2) is 0 Å². The highest BCUT2D eigenvalue weighted by molar-refractivity contribution is 5.95. The molecule has 6 heteroatoms. The average Bonchev–Trinajstić information content (AvgIpc) is 2.69. The highest BCUT2D eigenvalue weighted by Gasteiger charge is 2.24. The number of hydrogen-bond donors (Lipinski definition) is 0. The van der Waals surface area contributed by atoms with Crippen molar-refractivity contribution in [3.05, 3.63) is 54.0 Å². The number of rotatable bonds is 5. The zero-order chi connectivity index (χ0) is 18.5. The number of nitrogens with zero attached hydrogens (tertiary/aromatic N) is 4. The molecule has 1 fully saturated rings. The number of aromatic nitrogens is 1. The first-order valence-electron chi connectivity index (χ1n) is 9.13. The molecule has 0 bridgehead atoms. The molecular formula is C20H25FN4O. The smallest absolute Gasteiger partial charge is 0.254 e. The Balaban J connectivity index is 1.67. The Morgan fingerprint density at radius 1 is 1.12 bits per heavy atom. The number of anilines is 2. The van der Waals surface area contributed by atoms with Gasteiger partial charge in [-0.05, 0) is 38.1 Å². The molecule has 138 valence electrons. The Bertz CT molecular complexity index is 755. The molecule has 0 aliphatic carbocycles. The van der Waals surface area contributed by atoms with Crippen LogP contribution in [0.2, 0.25) is 0 Å². The summed E-state index contributed by atoms with van der Waals surface area (Å²) in [5.41, 5.74) is 1.26. The molecule has 1 aliphatic rings. The summed E-state index contributed by atoms with van der Waals surface area (Å²) in [7, 11) is 0. The van der Waals surface area contributed by atoms with Crippen molar-refractivity contribution in [3.63, 3.8) is 0 Å². The van der Waals surface area contributed by atoms with Crippen LogP contribution >= 0.6 is 0 Å². The van der Waals surface area contributed by atoms with Crippen LogP contribution in [0.5, 0.6) is 0 Å². The quantitative estimate of drug-likeness (QED) is 0.826. The van der Waals surface area contributed by atoms with Crippen LogP contribution < -0.4 is 9.80 Å². The van der Waals surface area contributed by atoms with E-state index in [0.717, 1.165) is 18.9 Å². The van der Waals surface area contributed by atoms with Gasteiger partial charge >= 0.3 is 0 Å². The molecule has 1 amide bonds. The van der Waals surface area contributed by atoms with Crippen molar-refractivity contribution < 1.29 is 9.18 Å². The minimum atomic E-state index is -0.217. The fourth-order valence-electron chi connectivity index (χ4n) is 3.31. The number of halogens is 1. The molecule has 2 heterocycles. The molecule has 3 rings (SSSR count). The minimum Gasteiger partial charge on any atom is -0.366 e. The number of piperazine rings is 1. The van der Waals surface area contributed by atoms with Crippen LogP contribution in [0, 0.1) is 5.82 Å². The van der Waals surface area contributed by atoms with E-state index < -0.39 is 0 Å². The van der Waals surface area contributed by atoms with E-state index in [1.165, 1.54) is 6.07 Å². The molecule has 0 spiro atoms. The predicted octanol–water partition coefficient (Wildman–Crippen LogP) is 3.03. The molecule has 1 aliphatic heterocycles. The molecule has 26 heavy (non-hydrogen) atoms. The van der Waals surface area contributed by atoms with E-state index in [1.807, 2.05) is 21.9 Å². The van der Waals surface area contributed by atoms with Gasteiger partial charge in [-0.15, -0.1) is 0 Å². The molecule has 2 aromatic rings. The summed E-state index contributed by atoms with van der Waals surface area (Å²) in [6, 6.07) is 10.4. The Labute approximate surface area is 154 Å². The second-order valence-electron chi connectivity index (χ2n) is 6.31. The Morgan fingerprint density at radius 2 is 1.81 bits per heavy atom. The van der Waals surface area contributed by atoms with Gasteiger partial charge in [0.05, 0.1) is 5.69 Å². The summed E-state index contributed by atoms with van der Waals surface area (Å²) < 4.78 is 13.9. The van der Waals surface area contributed by atoms with Crippen molar-refractivity contribution in [1.29, 1.82) is 0 Å². The molecule has 1 saturated heterocycles. The number of hydrogen-bond acceptors (Lipinski definition) is 4. The van der Waals surface area contributed by atoms with Crippen molar-refractivity contribution >= 4 is 17.4 Å². The molecular weight excluding hydrogens is 331 g/mol. The molecule has 0 atom stereocenters. The maximum atomic E-state index is 13.9. The van der Waals surface area contributed by atoms with Crippen LogP contribution in [0.1, 0.15) is 24.2 Å². The standard InChI is InChI=1S/C20H25FN4O/c1-3-23(4-2)19-15-16(9-10-22-19)20(26)25-13-11-24(12-14-25)18-8-6-5-7-17(18)21/h5-10,15H,3-4,11-14H2,1-2H3. The topological polar surface area (TPSA) is 39.7 Å². The molecule has 1 aromatic heterocycles. The Morgan fingerprint density at radius 3 is 2.46 bits per heavy atom. The fourth-order valence-corrected chi connectivity index (χ4v) is 3.31. The predicted molar refractivity (Wildman–Crippen MR) is 102 cm³/mol. The second kappa shape index (κ2) is 8.17. The Hall–Kier alpha value is -2.63. The van der Waals surface area contributed by atoms with Crippen molar-refractivity contribution in [2.75, 3.05) is 49.1 Å². The van der Waals surface area contributed by atoms with E-state index in [1.54, 1.807) is 24.4 Å². The van der Waals surface area contributed by atoms with Crippen molar-refractivity contribution in [2.45, 2.75) is 13.8 Å². The zero-order valence-corrected chi connectivity index (χ0v) is 15.4. The fraction of sp³-hybridized carbons (Fsp3) is 0.400. The molecule has 0 radical (unpaired) electrons. The van der Waals surface area contributed by atoms with Crippen LogP contribution in [0.15, 0.2) is 42.6 Å². The minimum absolute atomic E-state index is 0.00832. The lowest BCUT2D eigenvalue weighted by molar-refractivity contribution is 0.0746. The van der Waals surface area contributed by atoms with Crippen LogP contribution in [-0.4, -0.2) is 55.1 Å². The van der Waals surface area contributed by atoms with E-state index >= 15 is 0 Å². The SMILES string of the molecule is CCN(CC)c1cc(C(=O)N2CCN(c3ccccc3F)CC2)ccn1. The highest BCUT2D eigenvalue weighted by Crippen LogP contribution is 2.21. The summed E-state index contributed by atoms with van der Waals surface area (Å²) in [5, 5.41) is 0. The first-order valence-corrected chi connectivity index (χ1v) is 9.13. The molecule has 0 unspecified atom stereocenters. The third-order valence-electron chi connectivity index (χ3n) is 4.84. The molecule has 0 saturated carbocycles. The van der Waals surface area contributed by atoms with E-state index in [2.05, 4.69) is 23.7 Å². The summed E-state index contributed by atoms with van der Waals surface area (Å²) in [6.07, 6.45) is 1.69. The molecule has 1 aromatic carbocycles. The van der Waals surface area contributed by atoms with Gasteiger partial charge < -0.3 is 14.7 Å². The lowest BCUT2D eigenvalue weighted by Gasteiger charge is -2.36. The van der Waals surface area contributed by atoms with Gasteiger partial charge in [0.25, 0.3) is 5.91 Å². The third kappa shape index (κ3) is 3.79. The van der Waals surface area contributed by atoms with Crippen LogP contribution in [-0.2, 0) is 0 Å². The zero-order valence-electron chi connectivity index (χ0n) is 15.4. The maximum absolute atomic E-state index is 13.9. The number of para-hydroxylation sites is 1. The largest absolute Gasteiger partial charge is 0.366 e. The van der Waals surface area contributed by atoms with Crippen LogP contribution in [0.25, 0.3) is 0 Å². The van der Waals surface area contributed by atoms with Gasteiger partial charge in [0.1, 0.15) is 11.6 Å². The number of carbonyl (C=O) groups excluding carboxylic acids is 1. The summed E-state index contributed by atoms with van der Waals surface area (Å²) in [5.74, 6) is 0.616. The normalized spacial score (nSPS) is 14.4. The number of amides is 1. The van der Waals surface area contributed by atoms with Crippen LogP contribution in [0.3, 0.4) is 0 Å². The van der Waals surface area contributed by atoms with E-state index in [9.17, 15) is 9.18 Å². The van der Waals surface area contributed by atoms with Crippen molar-refractivity contribution in [3.8, 4) is 0 Å². The summed E-state index contributed by atoms with van der Waals surface area (Å²) >= 11 is 0. The molecule has 0 N–H and O–H groups in total.